The third-order valence-electron chi connectivity index (χ3n) is 2.97. The van der Waals surface area contributed by atoms with Crippen LogP contribution in [0.15, 0.2) is 12.3 Å². The molecule has 5 nitrogen and oxygen atoms in total. The van der Waals surface area contributed by atoms with Crippen LogP contribution in [-0.2, 0) is 0 Å². The number of hydrogen-bond donors (Lipinski definition) is 1. The number of nitro groups is 1. The summed E-state index contributed by atoms with van der Waals surface area (Å²) in [5, 5.41) is 13.9. The van der Waals surface area contributed by atoms with Crippen molar-refractivity contribution in [1.29, 1.82) is 0 Å². The van der Waals surface area contributed by atoms with Crippen molar-refractivity contribution in [3.05, 3.63) is 27.9 Å². The van der Waals surface area contributed by atoms with Crippen molar-refractivity contribution in [2.75, 3.05) is 5.32 Å². The van der Waals surface area contributed by atoms with Crippen molar-refractivity contribution in [2.45, 2.75) is 38.6 Å². The van der Waals surface area contributed by atoms with Crippen LogP contribution in [0.1, 0.15) is 31.2 Å². The fourth-order valence-electron chi connectivity index (χ4n) is 2.07. The van der Waals surface area contributed by atoms with Crippen molar-refractivity contribution in [1.82, 2.24) is 4.98 Å². The summed E-state index contributed by atoms with van der Waals surface area (Å²) in [6.45, 7) is 1.84. The van der Waals surface area contributed by atoms with Crippen molar-refractivity contribution in [2.24, 2.45) is 0 Å². The maximum atomic E-state index is 10.6. The predicted molar refractivity (Wildman–Crippen MR) is 61.5 cm³/mol. The van der Waals surface area contributed by atoms with E-state index >= 15 is 0 Å². The van der Waals surface area contributed by atoms with Crippen molar-refractivity contribution in [3.8, 4) is 0 Å². The molecular weight excluding hydrogens is 206 g/mol. The Morgan fingerprint density at radius 1 is 1.50 bits per heavy atom. The summed E-state index contributed by atoms with van der Waals surface area (Å²) >= 11 is 0. The van der Waals surface area contributed by atoms with Gasteiger partial charge in [-0.2, -0.15) is 0 Å². The van der Waals surface area contributed by atoms with Crippen LogP contribution in [0.25, 0.3) is 0 Å². The first-order valence-corrected chi connectivity index (χ1v) is 5.54. The highest BCUT2D eigenvalue weighted by Gasteiger charge is 2.17. The summed E-state index contributed by atoms with van der Waals surface area (Å²) in [6.07, 6.45) is 6.15. The van der Waals surface area contributed by atoms with Gasteiger partial charge < -0.3 is 5.32 Å². The molecule has 1 heterocycles. The normalized spacial score (nSPS) is 16.3. The highest BCUT2D eigenvalue weighted by Crippen LogP contribution is 2.24. The third-order valence-corrected chi connectivity index (χ3v) is 2.97. The summed E-state index contributed by atoms with van der Waals surface area (Å²) in [7, 11) is 0. The second-order valence-electron chi connectivity index (χ2n) is 4.24. The quantitative estimate of drug-likeness (QED) is 0.629. The monoisotopic (exact) mass is 221 g/mol. The molecule has 1 aromatic rings. The van der Waals surface area contributed by atoms with Crippen LogP contribution < -0.4 is 5.32 Å². The lowest BCUT2D eigenvalue weighted by atomic mass is 10.2. The Hall–Kier alpha value is -1.65. The zero-order valence-corrected chi connectivity index (χ0v) is 9.27. The molecule has 1 saturated carbocycles. The molecule has 16 heavy (non-hydrogen) atoms. The summed E-state index contributed by atoms with van der Waals surface area (Å²) in [4.78, 5) is 14.2. The highest BCUT2D eigenvalue weighted by molar-refractivity contribution is 5.48. The van der Waals surface area contributed by atoms with Gasteiger partial charge in [0.05, 0.1) is 4.92 Å². The number of nitrogens with zero attached hydrogens (tertiary/aromatic N) is 2. The number of hydrogen-bond acceptors (Lipinski definition) is 4. The van der Waals surface area contributed by atoms with E-state index in [4.69, 9.17) is 0 Å². The Morgan fingerprint density at radius 3 is 2.75 bits per heavy atom. The molecule has 0 unspecified atom stereocenters. The van der Waals surface area contributed by atoms with Crippen LogP contribution in [0, 0.1) is 17.0 Å². The Balaban J connectivity index is 2.12. The molecule has 86 valence electrons. The standard InChI is InChI=1S/C11H15N3O2/c1-8-6-10(14(15)16)7-12-11(8)13-9-4-2-3-5-9/h6-7,9H,2-5H2,1H3,(H,12,13). The average Bonchev–Trinajstić information content (AvgIpc) is 2.73. The van der Waals surface area contributed by atoms with E-state index in [0.717, 1.165) is 24.2 Å². The van der Waals surface area contributed by atoms with E-state index in [1.165, 1.54) is 19.0 Å². The van der Waals surface area contributed by atoms with Gasteiger partial charge in [0, 0.05) is 12.1 Å². The molecule has 5 heteroatoms. The first-order chi connectivity index (χ1) is 7.66. The zero-order valence-electron chi connectivity index (χ0n) is 9.27. The molecular formula is C11H15N3O2. The van der Waals surface area contributed by atoms with Gasteiger partial charge in [-0.05, 0) is 25.3 Å². The summed E-state index contributed by atoms with van der Waals surface area (Å²) in [5.74, 6) is 0.775. The van der Waals surface area contributed by atoms with E-state index in [0.29, 0.717) is 6.04 Å². The lowest BCUT2D eigenvalue weighted by Crippen LogP contribution is -2.16. The maximum absolute atomic E-state index is 10.6. The van der Waals surface area contributed by atoms with Gasteiger partial charge in [-0.25, -0.2) is 4.98 Å². The highest BCUT2D eigenvalue weighted by atomic mass is 16.6. The Labute approximate surface area is 94.0 Å². The molecule has 0 aromatic carbocycles. The minimum atomic E-state index is -0.417. The number of aromatic nitrogens is 1. The molecule has 1 aromatic heterocycles. The second-order valence-corrected chi connectivity index (χ2v) is 4.24. The average molecular weight is 221 g/mol. The molecule has 0 amide bonds. The minimum Gasteiger partial charge on any atom is -0.367 e. The Morgan fingerprint density at radius 2 is 2.19 bits per heavy atom. The Kier molecular flexibility index (Phi) is 3.03. The van der Waals surface area contributed by atoms with Gasteiger partial charge >= 0.3 is 0 Å². The molecule has 0 radical (unpaired) electrons. The lowest BCUT2D eigenvalue weighted by molar-refractivity contribution is -0.385. The van der Waals surface area contributed by atoms with Crippen LogP contribution in [0.3, 0.4) is 0 Å². The van der Waals surface area contributed by atoms with Crippen LogP contribution in [0.5, 0.6) is 0 Å². The largest absolute Gasteiger partial charge is 0.367 e. The van der Waals surface area contributed by atoms with Crippen molar-refractivity contribution in [3.63, 3.8) is 0 Å². The number of nitrogens with one attached hydrogen (secondary N) is 1. The summed E-state index contributed by atoms with van der Waals surface area (Å²) in [5.41, 5.74) is 0.885. The van der Waals surface area contributed by atoms with Gasteiger partial charge in [-0.3, -0.25) is 10.1 Å². The first-order valence-electron chi connectivity index (χ1n) is 5.54. The van der Waals surface area contributed by atoms with E-state index in [1.807, 2.05) is 6.92 Å². The summed E-state index contributed by atoms with van der Waals surface area (Å²) in [6, 6.07) is 2.04. The topological polar surface area (TPSA) is 68.1 Å². The van der Waals surface area contributed by atoms with E-state index in [2.05, 4.69) is 10.3 Å². The van der Waals surface area contributed by atoms with E-state index < -0.39 is 4.92 Å². The van der Waals surface area contributed by atoms with E-state index in [1.54, 1.807) is 6.07 Å². The van der Waals surface area contributed by atoms with Crippen molar-refractivity contribution >= 4 is 11.5 Å². The molecule has 0 atom stereocenters. The van der Waals surface area contributed by atoms with Gasteiger partial charge in [0.15, 0.2) is 0 Å². The fourth-order valence-corrected chi connectivity index (χ4v) is 2.07. The van der Waals surface area contributed by atoms with Crippen LogP contribution in [0.4, 0.5) is 11.5 Å². The number of pyridine rings is 1. The van der Waals surface area contributed by atoms with Gasteiger partial charge in [0.25, 0.3) is 5.69 Å². The lowest BCUT2D eigenvalue weighted by Gasteiger charge is -2.13. The first kappa shape index (κ1) is 10.9. The molecule has 1 aliphatic rings. The van der Waals surface area contributed by atoms with Crippen molar-refractivity contribution < 1.29 is 4.92 Å². The van der Waals surface area contributed by atoms with E-state index in [9.17, 15) is 10.1 Å². The maximum Gasteiger partial charge on any atom is 0.287 e. The molecule has 1 N–H and O–H groups in total. The molecule has 2 rings (SSSR count). The molecule has 0 spiro atoms. The number of rotatable bonds is 3. The minimum absolute atomic E-state index is 0.0504. The molecule has 0 bridgehead atoms. The van der Waals surface area contributed by atoms with Gasteiger partial charge in [0.1, 0.15) is 12.0 Å². The second kappa shape index (κ2) is 4.47. The SMILES string of the molecule is Cc1cc([N+](=O)[O-])cnc1NC1CCCC1. The number of aryl methyl sites for hydroxylation is 1. The molecule has 1 fully saturated rings. The molecule has 1 aliphatic carbocycles. The fraction of sp³-hybridized carbons (Fsp3) is 0.545. The van der Waals surface area contributed by atoms with Gasteiger partial charge in [-0.15, -0.1) is 0 Å². The Bertz CT molecular complexity index is 400. The zero-order chi connectivity index (χ0) is 11.5. The van der Waals surface area contributed by atoms with Gasteiger partial charge in [-0.1, -0.05) is 12.8 Å². The summed E-state index contributed by atoms with van der Waals surface area (Å²) < 4.78 is 0. The molecule has 0 aliphatic heterocycles. The van der Waals surface area contributed by atoms with Crippen LogP contribution >= 0.6 is 0 Å². The predicted octanol–water partition coefficient (Wildman–Crippen LogP) is 2.65. The van der Waals surface area contributed by atoms with E-state index in [-0.39, 0.29) is 5.69 Å². The van der Waals surface area contributed by atoms with Crippen LogP contribution in [0.2, 0.25) is 0 Å². The smallest absolute Gasteiger partial charge is 0.287 e. The number of anilines is 1. The van der Waals surface area contributed by atoms with Crippen LogP contribution in [-0.4, -0.2) is 15.9 Å². The van der Waals surface area contributed by atoms with Gasteiger partial charge in [0.2, 0.25) is 0 Å². The third kappa shape index (κ3) is 2.29. The molecule has 0 saturated heterocycles.